The lowest BCUT2D eigenvalue weighted by Gasteiger charge is -2.61. The smallest absolute Gasteiger partial charge is 0.0543 e. The van der Waals surface area contributed by atoms with Crippen LogP contribution in [0.4, 0.5) is 17.1 Å². The van der Waals surface area contributed by atoms with Gasteiger partial charge in [-0.15, -0.1) is 6.42 Å². The first-order chi connectivity index (χ1) is 22.0. The van der Waals surface area contributed by atoms with Gasteiger partial charge in [0.15, 0.2) is 0 Å². The van der Waals surface area contributed by atoms with Crippen molar-refractivity contribution >= 4 is 22.6 Å². The summed E-state index contributed by atoms with van der Waals surface area (Å²) in [5.74, 6) is 6.42. The Morgan fingerprint density at radius 3 is 2.09 bits per heavy atom. The van der Waals surface area contributed by atoms with E-state index in [-0.39, 0.29) is 10.8 Å². The van der Waals surface area contributed by atoms with Crippen molar-refractivity contribution in [1.29, 1.82) is 0 Å². The van der Waals surface area contributed by atoms with Crippen molar-refractivity contribution in [2.45, 2.75) is 63.7 Å². The maximum Gasteiger partial charge on any atom is 0.0543 e. The highest BCUT2D eigenvalue weighted by Gasteiger charge is 2.62. The SMILES string of the molecule is C#CC1=C(/C=C\C)c2c(N(c3ccccc3)c3ccc4c(c3)-c3ccccc3C4(C)C)cccc2C12C1CC3CC(C1)CC2C3. The van der Waals surface area contributed by atoms with E-state index in [1.54, 1.807) is 0 Å². The molecule has 4 aromatic carbocycles. The topological polar surface area (TPSA) is 3.24 Å². The second-order valence-corrected chi connectivity index (χ2v) is 14.9. The lowest BCUT2D eigenvalue weighted by molar-refractivity contribution is -0.0402. The first kappa shape index (κ1) is 27.1. The molecule has 0 aromatic heterocycles. The monoisotopic (exact) mass is 583 g/mol. The molecule has 10 rings (SSSR count). The molecule has 0 radical (unpaired) electrons. The highest BCUT2D eigenvalue weighted by atomic mass is 15.1. The molecule has 4 bridgehead atoms. The number of para-hydroxylation sites is 1. The molecule has 0 saturated heterocycles. The summed E-state index contributed by atoms with van der Waals surface area (Å²) in [5, 5.41) is 0. The molecule has 4 saturated carbocycles. The normalized spacial score (nSPS) is 28.0. The van der Waals surface area contributed by atoms with Crippen LogP contribution in [0.1, 0.15) is 75.1 Å². The molecule has 6 aliphatic rings. The maximum atomic E-state index is 6.61. The Hall–Kier alpha value is -4.28. The predicted octanol–water partition coefficient (Wildman–Crippen LogP) is 11.1. The quantitative estimate of drug-likeness (QED) is 0.216. The number of benzene rings is 4. The molecule has 222 valence electrons. The van der Waals surface area contributed by atoms with E-state index in [1.807, 2.05) is 0 Å². The van der Waals surface area contributed by atoms with Crippen LogP contribution in [-0.2, 0) is 10.8 Å². The predicted molar refractivity (Wildman–Crippen MR) is 188 cm³/mol. The molecule has 45 heavy (non-hydrogen) atoms. The van der Waals surface area contributed by atoms with E-state index in [0.717, 1.165) is 11.8 Å². The summed E-state index contributed by atoms with van der Waals surface area (Å²) in [6.07, 6.45) is 17.9. The van der Waals surface area contributed by atoms with Crippen LogP contribution in [0.2, 0.25) is 0 Å². The maximum absolute atomic E-state index is 6.61. The summed E-state index contributed by atoms with van der Waals surface area (Å²) in [6.45, 7) is 6.85. The van der Waals surface area contributed by atoms with Crippen LogP contribution in [0.15, 0.2) is 109 Å². The summed E-state index contributed by atoms with van der Waals surface area (Å²) in [7, 11) is 0. The fourth-order valence-electron chi connectivity index (χ4n) is 11.0. The summed E-state index contributed by atoms with van der Waals surface area (Å²) in [5.41, 5.74) is 14.4. The molecule has 0 unspecified atom stereocenters. The zero-order chi connectivity index (χ0) is 30.5. The third-order valence-corrected chi connectivity index (χ3v) is 12.4. The van der Waals surface area contributed by atoms with Gasteiger partial charge in [-0.1, -0.05) is 92.6 Å². The largest absolute Gasteiger partial charge is 0.310 e. The number of fused-ring (bicyclic) bond motifs is 4. The van der Waals surface area contributed by atoms with Gasteiger partial charge in [-0.2, -0.15) is 0 Å². The molecular formula is C44H41N. The molecule has 6 aliphatic carbocycles. The van der Waals surface area contributed by atoms with Gasteiger partial charge in [-0.05, 0) is 126 Å². The first-order valence-corrected chi connectivity index (χ1v) is 17.0. The average Bonchev–Trinajstić information content (AvgIpc) is 3.46. The Balaban J connectivity index is 1.30. The van der Waals surface area contributed by atoms with Crippen LogP contribution in [0.3, 0.4) is 0 Å². The van der Waals surface area contributed by atoms with Crippen molar-refractivity contribution in [1.82, 2.24) is 0 Å². The minimum atomic E-state index is -0.0361. The van der Waals surface area contributed by atoms with Crippen LogP contribution in [0.25, 0.3) is 16.7 Å². The second kappa shape index (κ2) is 9.61. The lowest BCUT2D eigenvalue weighted by atomic mass is 9.43. The van der Waals surface area contributed by atoms with E-state index >= 15 is 0 Å². The van der Waals surface area contributed by atoms with Crippen LogP contribution < -0.4 is 4.90 Å². The van der Waals surface area contributed by atoms with E-state index in [1.165, 1.54) is 93.7 Å². The molecule has 0 heterocycles. The molecule has 1 heteroatoms. The van der Waals surface area contributed by atoms with Crippen molar-refractivity contribution in [2.24, 2.45) is 23.7 Å². The molecular weight excluding hydrogens is 542 g/mol. The fraction of sp³-hybridized carbons (Fsp3) is 0.318. The Morgan fingerprint density at radius 1 is 0.711 bits per heavy atom. The molecule has 0 amide bonds. The molecule has 1 spiro atoms. The highest BCUT2D eigenvalue weighted by Crippen LogP contribution is 2.69. The second-order valence-electron chi connectivity index (χ2n) is 14.9. The van der Waals surface area contributed by atoms with Crippen molar-refractivity contribution in [3.63, 3.8) is 0 Å². The number of nitrogens with zero attached hydrogens (tertiary/aromatic N) is 1. The van der Waals surface area contributed by atoms with E-state index in [4.69, 9.17) is 6.42 Å². The van der Waals surface area contributed by atoms with Crippen LogP contribution >= 0.6 is 0 Å². The van der Waals surface area contributed by atoms with Crippen molar-refractivity contribution in [3.05, 3.63) is 131 Å². The van der Waals surface area contributed by atoms with Gasteiger partial charge >= 0.3 is 0 Å². The Morgan fingerprint density at radius 2 is 1.38 bits per heavy atom. The van der Waals surface area contributed by atoms with Crippen LogP contribution in [0, 0.1) is 36.0 Å². The van der Waals surface area contributed by atoms with E-state index in [0.29, 0.717) is 11.8 Å². The summed E-state index contributed by atoms with van der Waals surface area (Å²) in [4.78, 5) is 2.50. The minimum Gasteiger partial charge on any atom is -0.310 e. The molecule has 0 atom stereocenters. The fourth-order valence-corrected chi connectivity index (χ4v) is 11.0. The minimum absolute atomic E-state index is 0.0224. The van der Waals surface area contributed by atoms with Gasteiger partial charge < -0.3 is 4.90 Å². The van der Waals surface area contributed by atoms with E-state index < -0.39 is 0 Å². The Kier molecular flexibility index (Phi) is 5.78. The van der Waals surface area contributed by atoms with Gasteiger partial charge in [0, 0.05) is 33.3 Å². The lowest BCUT2D eigenvalue weighted by Crippen LogP contribution is -2.55. The zero-order valence-electron chi connectivity index (χ0n) is 26.7. The molecule has 1 nitrogen and oxygen atoms in total. The van der Waals surface area contributed by atoms with Crippen LogP contribution in [-0.4, -0.2) is 0 Å². The number of hydrogen-bond donors (Lipinski definition) is 0. The van der Waals surface area contributed by atoms with Gasteiger partial charge in [0.2, 0.25) is 0 Å². The van der Waals surface area contributed by atoms with Gasteiger partial charge in [0.25, 0.3) is 0 Å². The summed E-state index contributed by atoms with van der Waals surface area (Å²) in [6, 6.07) is 34.1. The number of rotatable bonds is 4. The molecule has 0 aliphatic heterocycles. The van der Waals surface area contributed by atoms with Crippen LogP contribution in [0.5, 0.6) is 0 Å². The standard InChI is InChI=1S/C44H41N/c1-5-13-35-37(6-2)44(30-23-28-22-29(25-30)26-31(44)24-28)40-18-12-19-41(42(35)40)45(32-14-8-7-9-15-32)33-20-21-39-36(27-33)34-16-10-11-17-38(34)43(39,3)4/h2,5,7-21,27-31H,22-26H2,1,3-4H3/b13-5-. The number of hydrogen-bond acceptors (Lipinski definition) is 1. The summed E-state index contributed by atoms with van der Waals surface area (Å²) < 4.78 is 0. The van der Waals surface area contributed by atoms with Gasteiger partial charge in [0.05, 0.1) is 5.69 Å². The molecule has 0 N–H and O–H groups in total. The average molecular weight is 584 g/mol. The van der Waals surface area contributed by atoms with E-state index in [9.17, 15) is 0 Å². The van der Waals surface area contributed by atoms with Crippen molar-refractivity contribution in [3.8, 4) is 23.5 Å². The highest BCUT2D eigenvalue weighted by molar-refractivity contribution is 5.98. The number of anilines is 3. The number of terminal acetylenes is 1. The molecule has 4 fully saturated rings. The third-order valence-electron chi connectivity index (χ3n) is 12.4. The van der Waals surface area contributed by atoms with E-state index in [2.05, 4.69) is 135 Å². The first-order valence-electron chi connectivity index (χ1n) is 17.0. The molecule has 4 aromatic rings. The van der Waals surface area contributed by atoms with Gasteiger partial charge in [-0.3, -0.25) is 0 Å². The number of allylic oxidation sites excluding steroid dienone is 4. The van der Waals surface area contributed by atoms with Gasteiger partial charge in [0.1, 0.15) is 0 Å². The third kappa shape index (κ3) is 3.52. The van der Waals surface area contributed by atoms with Gasteiger partial charge in [-0.25, -0.2) is 0 Å². The Labute approximate surface area is 268 Å². The zero-order valence-corrected chi connectivity index (χ0v) is 26.7. The van der Waals surface area contributed by atoms with Crippen molar-refractivity contribution < 1.29 is 0 Å². The summed E-state index contributed by atoms with van der Waals surface area (Å²) >= 11 is 0. The Bertz CT molecular complexity index is 1930. The van der Waals surface area contributed by atoms with Crippen molar-refractivity contribution in [2.75, 3.05) is 4.90 Å².